The first kappa shape index (κ1) is 10.8. The van der Waals surface area contributed by atoms with E-state index >= 15 is 0 Å². The van der Waals surface area contributed by atoms with Crippen LogP contribution in [0.15, 0.2) is 47.1 Å². The molecular formula is C13H8BrClN2. The van der Waals surface area contributed by atoms with Gasteiger partial charge in [0.05, 0.1) is 10.7 Å². The van der Waals surface area contributed by atoms with Gasteiger partial charge in [-0.25, -0.2) is 0 Å². The summed E-state index contributed by atoms with van der Waals surface area (Å²) in [6.45, 7) is 0. The van der Waals surface area contributed by atoms with E-state index in [-0.39, 0.29) is 0 Å². The van der Waals surface area contributed by atoms with Gasteiger partial charge in [0.1, 0.15) is 5.69 Å². The second-order valence-electron chi connectivity index (χ2n) is 3.75. The van der Waals surface area contributed by atoms with Gasteiger partial charge in [0.2, 0.25) is 0 Å². The van der Waals surface area contributed by atoms with Crippen LogP contribution in [-0.2, 0) is 0 Å². The van der Waals surface area contributed by atoms with Crippen molar-refractivity contribution in [1.29, 1.82) is 0 Å². The third-order valence-electron chi connectivity index (χ3n) is 2.59. The topological polar surface area (TPSA) is 28.7 Å². The van der Waals surface area contributed by atoms with E-state index in [0.29, 0.717) is 5.02 Å². The average molecular weight is 308 g/mol. The molecule has 0 amide bonds. The number of aromatic nitrogens is 2. The molecule has 0 fully saturated rings. The van der Waals surface area contributed by atoms with Crippen molar-refractivity contribution in [3.63, 3.8) is 0 Å². The molecule has 2 nitrogen and oxygen atoms in total. The number of nitrogens with one attached hydrogen (secondary N) is 1. The predicted octanol–water partition coefficient (Wildman–Crippen LogP) is 4.65. The second kappa shape index (κ2) is 4.17. The summed E-state index contributed by atoms with van der Waals surface area (Å²) >= 11 is 9.53. The molecule has 3 aromatic rings. The monoisotopic (exact) mass is 306 g/mol. The van der Waals surface area contributed by atoms with Crippen molar-refractivity contribution in [2.24, 2.45) is 0 Å². The van der Waals surface area contributed by atoms with Gasteiger partial charge in [-0.1, -0.05) is 29.8 Å². The minimum Gasteiger partial charge on any atom is -0.353 e. The van der Waals surface area contributed by atoms with Crippen LogP contribution in [0.1, 0.15) is 0 Å². The first-order chi connectivity index (χ1) is 8.24. The van der Waals surface area contributed by atoms with Crippen molar-refractivity contribution < 1.29 is 0 Å². The zero-order chi connectivity index (χ0) is 11.8. The summed E-state index contributed by atoms with van der Waals surface area (Å²) in [4.78, 5) is 7.64. The van der Waals surface area contributed by atoms with Gasteiger partial charge in [-0.2, -0.15) is 0 Å². The maximum Gasteiger partial charge on any atom is 0.105 e. The number of fused-ring (bicyclic) bond motifs is 1. The van der Waals surface area contributed by atoms with Gasteiger partial charge in [0.25, 0.3) is 0 Å². The summed E-state index contributed by atoms with van der Waals surface area (Å²) < 4.78 is 0.877. The molecule has 0 radical (unpaired) electrons. The van der Waals surface area contributed by atoms with E-state index in [1.165, 1.54) is 0 Å². The maximum atomic E-state index is 6.18. The first-order valence-corrected chi connectivity index (χ1v) is 6.30. The number of para-hydroxylation sites is 1. The third kappa shape index (κ3) is 1.96. The number of hydrogen-bond donors (Lipinski definition) is 1. The van der Waals surface area contributed by atoms with Crippen molar-refractivity contribution in [1.82, 2.24) is 9.97 Å². The summed E-state index contributed by atoms with van der Waals surface area (Å²) in [5.41, 5.74) is 2.79. The molecule has 0 unspecified atom stereocenters. The van der Waals surface area contributed by atoms with Gasteiger partial charge in [-0.05, 0) is 34.1 Å². The third-order valence-corrected chi connectivity index (χ3v) is 3.31. The Morgan fingerprint density at radius 2 is 2.00 bits per heavy atom. The molecule has 2 heterocycles. The van der Waals surface area contributed by atoms with Crippen LogP contribution in [0.3, 0.4) is 0 Å². The van der Waals surface area contributed by atoms with Crippen LogP contribution >= 0.6 is 27.5 Å². The standard InChI is InChI=1S/C13H8BrClN2/c14-9-6-10(15)13(16-7-9)12-5-8-3-1-2-4-11(8)17-12/h1-7,17H. The molecule has 0 saturated heterocycles. The van der Waals surface area contributed by atoms with Gasteiger partial charge in [0.15, 0.2) is 0 Å². The van der Waals surface area contributed by atoms with E-state index < -0.39 is 0 Å². The number of nitrogens with zero attached hydrogens (tertiary/aromatic N) is 1. The number of hydrogen-bond acceptors (Lipinski definition) is 1. The SMILES string of the molecule is Clc1cc(Br)cnc1-c1cc2ccccc2[nH]1. The van der Waals surface area contributed by atoms with Crippen molar-refractivity contribution >= 4 is 38.4 Å². The number of H-pyrrole nitrogens is 1. The fourth-order valence-corrected chi connectivity index (χ4v) is 2.54. The predicted molar refractivity (Wildman–Crippen MR) is 74.2 cm³/mol. The van der Waals surface area contributed by atoms with Crippen molar-refractivity contribution in [2.45, 2.75) is 0 Å². The van der Waals surface area contributed by atoms with Crippen LogP contribution in [0.5, 0.6) is 0 Å². The van der Waals surface area contributed by atoms with Crippen LogP contribution in [-0.4, -0.2) is 9.97 Å². The van der Waals surface area contributed by atoms with Gasteiger partial charge in [-0.3, -0.25) is 4.98 Å². The van der Waals surface area contributed by atoms with Crippen LogP contribution in [0, 0.1) is 0 Å². The molecule has 84 valence electrons. The molecule has 0 atom stereocenters. The Bertz CT molecular complexity index is 658. The lowest BCUT2D eigenvalue weighted by atomic mass is 10.2. The lowest BCUT2D eigenvalue weighted by molar-refractivity contribution is 1.28. The largest absolute Gasteiger partial charge is 0.353 e. The maximum absolute atomic E-state index is 6.18. The summed E-state index contributed by atoms with van der Waals surface area (Å²) in [7, 11) is 0. The average Bonchev–Trinajstić information content (AvgIpc) is 2.72. The molecule has 0 saturated carbocycles. The molecule has 1 aromatic carbocycles. The normalized spacial score (nSPS) is 10.9. The highest BCUT2D eigenvalue weighted by atomic mass is 79.9. The molecular weight excluding hydrogens is 300 g/mol. The molecule has 2 aromatic heterocycles. The molecule has 0 aliphatic carbocycles. The van der Waals surface area contributed by atoms with E-state index in [0.717, 1.165) is 26.8 Å². The Morgan fingerprint density at radius 3 is 2.76 bits per heavy atom. The highest BCUT2D eigenvalue weighted by Gasteiger charge is 2.08. The Kier molecular flexibility index (Phi) is 2.65. The van der Waals surface area contributed by atoms with E-state index in [4.69, 9.17) is 11.6 Å². The number of aromatic amines is 1. The summed E-state index contributed by atoms with van der Waals surface area (Å²) in [6, 6.07) is 12.0. The highest BCUT2D eigenvalue weighted by molar-refractivity contribution is 9.10. The minimum atomic E-state index is 0.630. The molecule has 3 rings (SSSR count). The van der Waals surface area contributed by atoms with Crippen LogP contribution in [0.2, 0.25) is 5.02 Å². The van der Waals surface area contributed by atoms with E-state index in [9.17, 15) is 0 Å². The Labute approximate surface area is 112 Å². The highest BCUT2D eigenvalue weighted by Crippen LogP contribution is 2.29. The summed E-state index contributed by atoms with van der Waals surface area (Å²) in [5.74, 6) is 0. The van der Waals surface area contributed by atoms with E-state index in [2.05, 4.69) is 38.0 Å². The smallest absolute Gasteiger partial charge is 0.105 e. The van der Waals surface area contributed by atoms with Gasteiger partial charge < -0.3 is 4.98 Å². The molecule has 0 aliphatic rings. The molecule has 17 heavy (non-hydrogen) atoms. The lowest BCUT2D eigenvalue weighted by Crippen LogP contribution is -1.84. The fourth-order valence-electron chi connectivity index (χ4n) is 1.81. The van der Waals surface area contributed by atoms with E-state index in [1.54, 1.807) is 6.20 Å². The second-order valence-corrected chi connectivity index (χ2v) is 5.08. The number of halogens is 2. The van der Waals surface area contributed by atoms with E-state index in [1.807, 2.05) is 24.3 Å². The van der Waals surface area contributed by atoms with Gasteiger partial charge in [0, 0.05) is 21.6 Å². The van der Waals surface area contributed by atoms with Crippen molar-refractivity contribution in [3.05, 3.63) is 52.1 Å². The van der Waals surface area contributed by atoms with Crippen LogP contribution in [0.25, 0.3) is 22.3 Å². The molecule has 0 spiro atoms. The first-order valence-electron chi connectivity index (χ1n) is 5.13. The lowest BCUT2D eigenvalue weighted by Gasteiger charge is -2.00. The van der Waals surface area contributed by atoms with Gasteiger partial charge in [-0.15, -0.1) is 0 Å². The Hall–Kier alpha value is -1.32. The minimum absolute atomic E-state index is 0.630. The molecule has 4 heteroatoms. The number of rotatable bonds is 1. The zero-order valence-electron chi connectivity index (χ0n) is 8.74. The number of pyridine rings is 1. The Balaban J connectivity index is 2.20. The van der Waals surface area contributed by atoms with Crippen LogP contribution < -0.4 is 0 Å². The molecule has 0 aliphatic heterocycles. The van der Waals surface area contributed by atoms with Crippen molar-refractivity contribution in [2.75, 3.05) is 0 Å². The van der Waals surface area contributed by atoms with Gasteiger partial charge >= 0.3 is 0 Å². The molecule has 0 bridgehead atoms. The van der Waals surface area contributed by atoms with Crippen molar-refractivity contribution in [3.8, 4) is 11.4 Å². The number of benzene rings is 1. The molecule has 1 N–H and O–H groups in total. The Morgan fingerprint density at radius 1 is 1.18 bits per heavy atom. The van der Waals surface area contributed by atoms with Crippen LogP contribution in [0.4, 0.5) is 0 Å². The fraction of sp³-hybridized carbons (Fsp3) is 0. The summed E-state index contributed by atoms with van der Waals surface area (Å²) in [5, 5.41) is 1.79. The zero-order valence-corrected chi connectivity index (χ0v) is 11.1. The quantitative estimate of drug-likeness (QED) is 0.697. The summed E-state index contributed by atoms with van der Waals surface area (Å²) in [6.07, 6.45) is 1.74.